The van der Waals surface area contributed by atoms with Crippen LogP contribution in [-0.2, 0) is 0 Å². The van der Waals surface area contributed by atoms with E-state index in [4.69, 9.17) is 0 Å². The molecular weight excluding hydrogens is 236 g/mol. The van der Waals surface area contributed by atoms with Crippen LogP contribution in [0.5, 0.6) is 0 Å². The monoisotopic (exact) mass is 256 g/mol. The first-order chi connectivity index (χ1) is 7.79. The van der Waals surface area contributed by atoms with E-state index in [1.807, 2.05) is 17.3 Å². The maximum atomic E-state index is 4.36. The molecule has 1 fully saturated rings. The van der Waals surface area contributed by atoms with E-state index in [1.165, 1.54) is 31.4 Å². The van der Waals surface area contributed by atoms with Gasteiger partial charge in [0.2, 0.25) is 0 Å². The van der Waals surface area contributed by atoms with Crippen LogP contribution in [0.4, 0.5) is 0 Å². The summed E-state index contributed by atoms with van der Waals surface area (Å²) in [5.74, 6) is 0. The van der Waals surface area contributed by atoms with Crippen LogP contribution < -0.4 is 5.32 Å². The van der Waals surface area contributed by atoms with E-state index in [1.54, 1.807) is 11.3 Å². The highest BCUT2D eigenvalue weighted by Crippen LogP contribution is 2.28. The van der Waals surface area contributed by atoms with Gasteiger partial charge in [-0.25, -0.2) is 4.98 Å². The van der Waals surface area contributed by atoms with Crippen molar-refractivity contribution in [2.24, 2.45) is 0 Å². The number of nitrogens with zero attached hydrogens (tertiary/aromatic N) is 1. The van der Waals surface area contributed by atoms with Gasteiger partial charge in [-0.1, -0.05) is 0 Å². The second-order valence-corrected chi connectivity index (χ2v) is 6.37. The summed E-state index contributed by atoms with van der Waals surface area (Å²) in [5.41, 5.74) is 3.11. The zero-order chi connectivity index (χ0) is 11.4. The van der Waals surface area contributed by atoms with E-state index in [0.29, 0.717) is 12.1 Å². The number of rotatable bonds is 4. The molecule has 0 bridgehead atoms. The van der Waals surface area contributed by atoms with Gasteiger partial charge < -0.3 is 5.32 Å². The minimum absolute atomic E-state index is 0.405. The summed E-state index contributed by atoms with van der Waals surface area (Å²) in [7, 11) is 0. The molecule has 1 saturated carbocycles. The Labute approximate surface area is 106 Å². The Morgan fingerprint density at radius 3 is 2.75 bits per heavy atom. The summed E-state index contributed by atoms with van der Waals surface area (Å²) in [4.78, 5) is 4.36. The Hall–Kier alpha value is -0.0600. The molecule has 0 saturated heterocycles. The SMILES string of the molecule is CSC1CCC(NC(C)c2cscn2)CC1. The number of nitrogens with one attached hydrogen (secondary N) is 1. The lowest BCUT2D eigenvalue weighted by Crippen LogP contribution is -2.35. The zero-order valence-corrected chi connectivity index (χ0v) is 11.6. The molecule has 0 amide bonds. The second kappa shape index (κ2) is 6.03. The third-order valence-corrected chi connectivity index (χ3v) is 5.13. The van der Waals surface area contributed by atoms with Crippen LogP contribution in [0, 0.1) is 0 Å². The molecule has 1 N–H and O–H groups in total. The molecule has 1 atom stereocenters. The molecule has 1 aliphatic carbocycles. The van der Waals surface area contributed by atoms with Crippen LogP contribution in [0.2, 0.25) is 0 Å². The first kappa shape index (κ1) is 12.4. The van der Waals surface area contributed by atoms with Crippen molar-refractivity contribution >= 4 is 23.1 Å². The van der Waals surface area contributed by atoms with Crippen LogP contribution in [0.25, 0.3) is 0 Å². The molecule has 16 heavy (non-hydrogen) atoms. The maximum absolute atomic E-state index is 4.36. The summed E-state index contributed by atoms with van der Waals surface area (Å²) >= 11 is 3.71. The highest BCUT2D eigenvalue weighted by atomic mass is 32.2. The third kappa shape index (κ3) is 3.22. The Balaban J connectivity index is 1.78. The van der Waals surface area contributed by atoms with Gasteiger partial charge in [-0.3, -0.25) is 0 Å². The van der Waals surface area contributed by atoms with Crippen molar-refractivity contribution in [1.29, 1.82) is 0 Å². The van der Waals surface area contributed by atoms with Gasteiger partial charge in [-0.15, -0.1) is 11.3 Å². The third-order valence-electron chi connectivity index (χ3n) is 3.39. The summed E-state index contributed by atoms with van der Waals surface area (Å²) in [6.45, 7) is 2.22. The van der Waals surface area contributed by atoms with Crippen LogP contribution in [-0.4, -0.2) is 22.5 Å². The molecule has 0 radical (unpaired) electrons. The average molecular weight is 256 g/mol. The molecule has 1 aromatic heterocycles. The van der Waals surface area contributed by atoms with Crippen LogP contribution in [0.15, 0.2) is 10.9 Å². The number of hydrogen-bond acceptors (Lipinski definition) is 4. The van der Waals surface area contributed by atoms with E-state index in [9.17, 15) is 0 Å². The predicted molar refractivity (Wildman–Crippen MR) is 73.2 cm³/mol. The fourth-order valence-corrected chi connectivity index (χ4v) is 3.73. The standard InChI is InChI=1S/C12H20N2S2/c1-9(12-7-16-8-13-12)14-10-3-5-11(15-2)6-4-10/h7-11,14H,3-6H2,1-2H3. The lowest BCUT2D eigenvalue weighted by molar-refractivity contribution is 0.350. The lowest BCUT2D eigenvalue weighted by Gasteiger charge is -2.30. The van der Waals surface area contributed by atoms with E-state index in [0.717, 1.165) is 5.25 Å². The van der Waals surface area contributed by atoms with Crippen molar-refractivity contribution in [1.82, 2.24) is 10.3 Å². The fourth-order valence-electron chi connectivity index (χ4n) is 2.34. The van der Waals surface area contributed by atoms with E-state index in [-0.39, 0.29) is 0 Å². The van der Waals surface area contributed by atoms with Crippen molar-refractivity contribution in [2.45, 2.75) is 49.9 Å². The molecule has 1 aliphatic rings. The fraction of sp³-hybridized carbons (Fsp3) is 0.750. The van der Waals surface area contributed by atoms with Gasteiger partial charge in [0, 0.05) is 22.7 Å². The Morgan fingerprint density at radius 2 is 2.19 bits per heavy atom. The van der Waals surface area contributed by atoms with Crippen LogP contribution >= 0.6 is 23.1 Å². The molecule has 2 rings (SSSR count). The van der Waals surface area contributed by atoms with Gasteiger partial charge in [0.1, 0.15) is 0 Å². The minimum Gasteiger partial charge on any atom is -0.306 e. The van der Waals surface area contributed by atoms with Gasteiger partial charge in [0.25, 0.3) is 0 Å². The first-order valence-corrected chi connectivity index (χ1v) is 8.19. The van der Waals surface area contributed by atoms with Crippen molar-refractivity contribution in [3.8, 4) is 0 Å². The Bertz CT molecular complexity index is 292. The van der Waals surface area contributed by atoms with Crippen molar-refractivity contribution in [3.05, 3.63) is 16.6 Å². The minimum atomic E-state index is 0.405. The van der Waals surface area contributed by atoms with E-state index in [2.05, 4.69) is 28.9 Å². The van der Waals surface area contributed by atoms with Crippen molar-refractivity contribution in [2.75, 3.05) is 6.26 Å². The molecule has 0 aromatic carbocycles. The molecule has 1 aromatic rings. The highest BCUT2D eigenvalue weighted by Gasteiger charge is 2.22. The molecule has 1 heterocycles. The summed E-state index contributed by atoms with van der Waals surface area (Å²) in [6.07, 6.45) is 7.60. The molecule has 0 spiro atoms. The summed E-state index contributed by atoms with van der Waals surface area (Å²) in [6, 6.07) is 1.10. The predicted octanol–water partition coefficient (Wildman–Crippen LogP) is 3.47. The van der Waals surface area contributed by atoms with Crippen LogP contribution in [0.1, 0.15) is 44.3 Å². The smallest absolute Gasteiger partial charge is 0.0795 e. The molecule has 1 unspecified atom stereocenters. The largest absolute Gasteiger partial charge is 0.306 e. The van der Waals surface area contributed by atoms with E-state index >= 15 is 0 Å². The second-order valence-electron chi connectivity index (χ2n) is 4.51. The molecular formula is C12H20N2S2. The van der Waals surface area contributed by atoms with E-state index < -0.39 is 0 Å². The van der Waals surface area contributed by atoms with Gasteiger partial charge >= 0.3 is 0 Å². The lowest BCUT2D eigenvalue weighted by atomic mass is 9.94. The topological polar surface area (TPSA) is 24.9 Å². The summed E-state index contributed by atoms with van der Waals surface area (Å²) in [5, 5.41) is 6.74. The number of thioether (sulfide) groups is 1. The van der Waals surface area contributed by atoms with Gasteiger partial charge in [0.05, 0.1) is 11.2 Å². The van der Waals surface area contributed by atoms with Crippen LogP contribution in [0.3, 0.4) is 0 Å². The van der Waals surface area contributed by atoms with Crippen molar-refractivity contribution in [3.63, 3.8) is 0 Å². The Morgan fingerprint density at radius 1 is 1.44 bits per heavy atom. The molecule has 2 nitrogen and oxygen atoms in total. The zero-order valence-electron chi connectivity index (χ0n) is 9.98. The summed E-state index contributed by atoms with van der Waals surface area (Å²) < 4.78 is 0. The number of aromatic nitrogens is 1. The van der Waals surface area contributed by atoms with Gasteiger partial charge in [-0.2, -0.15) is 11.8 Å². The molecule has 90 valence electrons. The Kier molecular flexibility index (Phi) is 4.67. The van der Waals surface area contributed by atoms with Gasteiger partial charge in [-0.05, 0) is 38.9 Å². The van der Waals surface area contributed by atoms with Crippen molar-refractivity contribution < 1.29 is 0 Å². The number of hydrogen-bond donors (Lipinski definition) is 1. The molecule has 4 heteroatoms. The maximum Gasteiger partial charge on any atom is 0.0795 e. The average Bonchev–Trinajstić information content (AvgIpc) is 2.83. The molecule has 0 aliphatic heterocycles. The van der Waals surface area contributed by atoms with Gasteiger partial charge in [0.15, 0.2) is 0 Å². The normalized spacial score (nSPS) is 27.9. The highest BCUT2D eigenvalue weighted by molar-refractivity contribution is 7.99. The number of thiazole rings is 1. The first-order valence-electron chi connectivity index (χ1n) is 5.96. The quantitative estimate of drug-likeness (QED) is 0.893.